The van der Waals surface area contributed by atoms with Gasteiger partial charge in [0.1, 0.15) is 11.5 Å². The summed E-state index contributed by atoms with van der Waals surface area (Å²) in [5.74, 6) is 0.762. The Hall–Kier alpha value is -2.69. The fraction of sp³-hybridized carbons (Fsp3) is 0.294. The molecule has 1 fully saturated rings. The van der Waals surface area contributed by atoms with Crippen LogP contribution in [-0.4, -0.2) is 38.2 Å². The van der Waals surface area contributed by atoms with Gasteiger partial charge < -0.3 is 10.0 Å². The Kier molecular flexibility index (Phi) is 3.79. The molecule has 0 amide bonds. The van der Waals surface area contributed by atoms with Gasteiger partial charge in [-0.3, -0.25) is 0 Å². The van der Waals surface area contributed by atoms with Crippen molar-refractivity contribution in [3.05, 3.63) is 46.7 Å². The van der Waals surface area contributed by atoms with Gasteiger partial charge in [-0.1, -0.05) is 16.8 Å². The van der Waals surface area contributed by atoms with Crippen LogP contribution >= 0.6 is 11.6 Å². The van der Waals surface area contributed by atoms with Crippen LogP contribution in [0.5, 0.6) is 0 Å². The van der Waals surface area contributed by atoms with E-state index in [0.717, 1.165) is 29.8 Å². The van der Waals surface area contributed by atoms with Crippen LogP contribution in [0.2, 0.25) is 5.02 Å². The molecule has 3 aromatic rings. The Labute approximate surface area is 149 Å². The highest BCUT2D eigenvalue weighted by atomic mass is 35.5. The van der Waals surface area contributed by atoms with Crippen LogP contribution in [0.25, 0.3) is 10.9 Å². The van der Waals surface area contributed by atoms with Gasteiger partial charge >= 0.3 is 0 Å². The first-order valence-corrected chi connectivity index (χ1v) is 8.28. The smallest absolute Gasteiger partial charge is 0.130 e. The predicted molar refractivity (Wildman–Crippen MR) is 93.4 cm³/mol. The number of nitrogens with zero attached hydrogens (tertiary/aromatic N) is 6. The van der Waals surface area contributed by atoms with Crippen molar-refractivity contribution in [1.29, 1.82) is 5.26 Å². The lowest BCUT2D eigenvalue weighted by molar-refractivity contribution is 0.194. The number of hydrogen-bond acceptors (Lipinski definition) is 6. The lowest BCUT2D eigenvalue weighted by Gasteiger charge is -2.39. The van der Waals surface area contributed by atoms with E-state index in [2.05, 4.69) is 26.3 Å². The lowest BCUT2D eigenvalue weighted by Crippen LogP contribution is -2.48. The van der Waals surface area contributed by atoms with Gasteiger partial charge in [0.2, 0.25) is 0 Å². The first-order chi connectivity index (χ1) is 12.0. The fourth-order valence-electron chi connectivity index (χ4n) is 2.91. The number of hydrogen-bond donors (Lipinski definition) is 1. The molecule has 1 N–H and O–H groups in total. The Bertz CT molecular complexity index is 986. The average Bonchev–Trinajstić information content (AvgIpc) is 3.03. The monoisotopic (exact) mass is 354 g/mol. The largest absolute Gasteiger partial charge is 0.387 e. The minimum absolute atomic E-state index is 0.174. The highest BCUT2D eigenvalue weighted by molar-refractivity contribution is 6.31. The summed E-state index contributed by atoms with van der Waals surface area (Å²) in [6.07, 6.45) is 1.14. The van der Waals surface area contributed by atoms with Crippen LogP contribution in [0.3, 0.4) is 0 Å². The van der Waals surface area contributed by atoms with Gasteiger partial charge in [0, 0.05) is 23.5 Å². The fourth-order valence-corrected chi connectivity index (χ4v) is 3.08. The standard InChI is InChI=1S/C17H15ClN6O/c1-10(25)16-9-24(22-21-16)13-7-23(8-13)17-4-11(6-19)14-5-12(18)2-3-15(14)20-17/h2-5,9-10,13,25H,7-8H2,1H3/t10-/m0/s1. The van der Waals surface area contributed by atoms with Gasteiger partial charge in [0.15, 0.2) is 0 Å². The molecular formula is C17H15ClN6O. The molecule has 0 unspecified atom stereocenters. The predicted octanol–water partition coefficient (Wildman–Crippen LogP) is 2.47. The van der Waals surface area contributed by atoms with Crippen molar-refractivity contribution in [3.63, 3.8) is 0 Å². The van der Waals surface area contributed by atoms with E-state index >= 15 is 0 Å². The van der Waals surface area contributed by atoms with Crippen molar-refractivity contribution in [3.8, 4) is 6.07 Å². The van der Waals surface area contributed by atoms with E-state index < -0.39 is 6.10 Å². The quantitative estimate of drug-likeness (QED) is 0.777. The molecule has 1 atom stereocenters. The van der Waals surface area contributed by atoms with Crippen molar-refractivity contribution < 1.29 is 5.11 Å². The summed E-state index contributed by atoms with van der Waals surface area (Å²) in [7, 11) is 0. The molecule has 4 rings (SSSR count). The first-order valence-electron chi connectivity index (χ1n) is 7.90. The van der Waals surface area contributed by atoms with E-state index in [1.807, 2.05) is 6.07 Å². The Balaban J connectivity index is 1.57. The number of pyridine rings is 1. The summed E-state index contributed by atoms with van der Waals surface area (Å²) in [5.41, 5.74) is 1.87. The van der Waals surface area contributed by atoms with Gasteiger partial charge in [0.05, 0.1) is 35.5 Å². The molecule has 25 heavy (non-hydrogen) atoms. The van der Waals surface area contributed by atoms with E-state index in [1.54, 1.807) is 36.0 Å². The molecule has 0 bridgehead atoms. The molecule has 0 aliphatic carbocycles. The molecule has 1 aliphatic heterocycles. The minimum atomic E-state index is -0.628. The SMILES string of the molecule is C[C@H](O)c1cn(C2CN(c3cc(C#N)c4cc(Cl)ccc4n3)C2)nn1. The molecular weight excluding hydrogens is 340 g/mol. The van der Waals surface area contributed by atoms with Gasteiger partial charge in [-0.05, 0) is 31.2 Å². The molecule has 0 radical (unpaired) electrons. The average molecular weight is 355 g/mol. The first kappa shape index (κ1) is 15.8. The third-order valence-corrected chi connectivity index (χ3v) is 4.63. The summed E-state index contributed by atoms with van der Waals surface area (Å²) in [6, 6.07) is 9.54. The third kappa shape index (κ3) is 2.80. The highest BCUT2D eigenvalue weighted by Gasteiger charge is 2.31. The molecule has 1 saturated heterocycles. The summed E-state index contributed by atoms with van der Waals surface area (Å²) in [4.78, 5) is 6.73. The molecule has 0 spiro atoms. The van der Waals surface area contributed by atoms with Crippen LogP contribution in [0.4, 0.5) is 5.82 Å². The van der Waals surface area contributed by atoms with E-state index in [0.29, 0.717) is 16.3 Å². The zero-order valence-electron chi connectivity index (χ0n) is 13.5. The van der Waals surface area contributed by atoms with Crippen molar-refractivity contribution in [2.24, 2.45) is 0 Å². The number of benzene rings is 1. The maximum absolute atomic E-state index is 9.54. The number of aliphatic hydroxyl groups excluding tert-OH is 1. The summed E-state index contributed by atoms with van der Waals surface area (Å²) in [6.45, 7) is 3.11. The van der Waals surface area contributed by atoms with E-state index in [4.69, 9.17) is 11.6 Å². The zero-order valence-corrected chi connectivity index (χ0v) is 14.2. The van der Waals surface area contributed by atoms with E-state index in [-0.39, 0.29) is 6.04 Å². The van der Waals surface area contributed by atoms with Gasteiger partial charge in [-0.25, -0.2) is 9.67 Å². The Morgan fingerprint density at radius 3 is 2.84 bits per heavy atom. The normalized spacial score (nSPS) is 15.8. The number of nitriles is 1. The topological polar surface area (TPSA) is 90.9 Å². The molecule has 126 valence electrons. The zero-order chi connectivity index (χ0) is 17.6. The molecule has 0 saturated carbocycles. The van der Waals surface area contributed by atoms with Crippen LogP contribution in [0.15, 0.2) is 30.5 Å². The number of aromatic nitrogens is 4. The van der Waals surface area contributed by atoms with Crippen LogP contribution in [0, 0.1) is 11.3 Å². The molecule has 7 nitrogen and oxygen atoms in total. The van der Waals surface area contributed by atoms with Gasteiger partial charge in [0.25, 0.3) is 0 Å². The second-order valence-electron chi connectivity index (χ2n) is 6.16. The summed E-state index contributed by atoms with van der Waals surface area (Å²) < 4.78 is 1.77. The molecule has 1 aromatic carbocycles. The lowest BCUT2D eigenvalue weighted by atomic mass is 10.1. The number of rotatable bonds is 3. The second kappa shape index (κ2) is 5.99. The minimum Gasteiger partial charge on any atom is -0.387 e. The number of aliphatic hydroxyl groups is 1. The number of fused-ring (bicyclic) bond motifs is 1. The van der Waals surface area contributed by atoms with Crippen LogP contribution < -0.4 is 4.90 Å². The maximum Gasteiger partial charge on any atom is 0.130 e. The Morgan fingerprint density at radius 1 is 1.36 bits per heavy atom. The van der Waals surface area contributed by atoms with E-state index in [1.165, 1.54) is 0 Å². The number of anilines is 1. The molecule has 2 aromatic heterocycles. The Morgan fingerprint density at radius 2 is 2.16 bits per heavy atom. The summed E-state index contributed by atoms with van der Waals surface area (Å²) in [5, 5.41) is 28.3. The van der Waals surface area contributed by atoms with Gasteiger partial charge in [-0.15, -0.1) is 5.10 Å². The highest BCUT2D eigenvalue weighted by Crippen LogP contribution is 2.30. The van der Waals surface area contributed by atoms with Crippen LogP contribution in [-0.2, 0) is 0 Å². The molecule has 3 heterocycles. The van der Waals surface area contributed by atoms with Crippen molar-refractivity contribution in [2.75, 3.05) is 18.0 Å². The summed E-state index contributed by atoms with van der Waals surface area (Å²) >= 11 is 6.02. The second-order valence-corrected chi connectivity index (χ2v) is 6.60. The number of halogens is 1. The molecule has 1 aliphatic rings. The van der Waals surface area contributed by atoms with Crippen LogP contribution in [0.1, 0.15) is 30.3 Å². The van der Waals surface area contributed by atoms with Crippen molar-refractivity contribution in [2.45, 2.75) is 19.1 Å². The molecule has 8 heteroatoms. The van der Waals surface area contributed by atoms with E-state index in [9.17, 15) is 10.4 Å². The van der Waals surface area contributed by atoms with Crippen molar-refractivity contribution >= 4 is 28.3 Å². The third-order valence-electron chi connectivity index (χ3n) is 4.39. The van der Waals surface area contributed by atoms with Gasteiger partial charge in [-0.2, -0.15) is 5.26 Å². The maximum atomic E-state index is 9.54. The van der Waals surface area contributed by atoms with Crippen molar-refractivity contribution in [1.82, 2.24) is 20.0 Å².